The van der Waals surface area contributed by atoms with Crippen molar-refractivity contribution in [3.8, 4) is 22.3 Å². The maximum absolute atomic E-state index is 11.6. The molecule has 1 unspecified atom stereocenters. The fourth-order valence-corrected chi connectivity index (χ4v) is 2.99. The van der Waals surface area contributed by atoms with E-state index < -0.39 is 11.1 Å². The largest absolute Gasteiger partial charge is 0.302 e. The van der Waals surface area contributed by atoms with Crippen LogP contribution in [0.2, 0.25) is 0 Å². The van der Waals surface area contributed by atoms with Gasteiger partial charge in [0.15, 0.2) is 11.1 Å². The lowest BCUT2D eigenvalue weighted by Gasteiger charge is -2.12. The third-order valence-corrected chi connectivity index (χ3v) is 4.11. The monoisotopic (exact) mass is 294 g/mol. The second kappa shape index (κ2) is 6.04. The van der Waals surface area contributed by atoms with Crippen LogP contribution in [-0.4, -0.2) is 8.76 Å². The summed E-state index contributed by atoms with van der Waals surface area (Å²) in [5.41, 5.74) is 3.89. The molecule has 0 bridgehead atoms. The predicted molar refractivity (Wildman–Crippen MR) is 86.4 cm³/mol. The summed E-state index contributed by atoms with van der Waals surface area (Å²) in [7, 11) is 0. The topological polar surface area (TPSA) is 37.3 Å². The maximum atomic E-state index is 11.6. The first-order valence-electron chi connectivity index (χ1n) is 6.62. The van der Waals surface area contributed by atoms with Gasteiger partial charge in [-0.3, -0.25) is 0 Å². The lowest BCUT2D eigenvalue weighted by Crippen LogP contribution is -1.94. The Bertz CT molecular complexity index is 782. The molecule has 0 fully saturated rings. The van der Waals surface area contributed by atoms with Gasteiger partial charge in [0.25, 0.3) is 0 Å². The van der Waals surface area contributed by atoms with Crippen molar-refractivity contribution >= 4 is 11.1 Å². The molecule has 0 spiro atoms. The Balaban J connectivity index is 2.24. The molecule has 0 radical (unpaired) electrons. The maximum Gasteiger partial charge on any atom is 0.187 e. The van der Waals surface area contributed by atoms with Crippen molar-refractivity contribution in [2.24, 2.45) is 0 Å². The van der Waals surface area contributed by atoms with Gasteiger partial charge in [-0.1, -0.05) is 72.8 Å². The molecule has 21 heavy (non-hydrogen) atoms. The molecule has 0 heterocycles. The highest BCUT2D eigenvalue weighted by molar-refractivity contribution is 7.79. The summed E-state index contributed by atoms with van der Waals surface area (Å²) in [6.07, 6.45) is 0. The minimum atomic E-state index is -2.01. The van der Waals surface area contributed by atoms with Crippen LogP contribution in [0.25, 0.3) is 22.3 Å². The van der Waals surface area contributed by atoms with Gasteiger partial charge in [-0.15, -0.1) is 0 Å². The second-order valence-corrected chi connectivity index (χ2v) is 5.60. The van der Waals surface area contributed by atoms with E-state index in [0.717, 1.165) is 22.3 Å². The number of rotatable bonds is 3. The molecule has 0 aromatic heterocycles. The first-order chi connectivity index (χ1) is 10.3. The molecule has 1 atom stereocenters. The normalized spacial score (nSPS) is 12.0. The van der Waals surface area contributed by atoms with E-state index in [2.05, 4.69) is 0 Å². The Kier molecular flexibility index (Phi) is 3.95. The Morgan fingerprint density at radius 1 is 0.619 bits per heavy atom. The van der Waals surface area contributed by atoms with Gasteiger partial charge >= 0.3 is 0 Å². The molecule has 0 amide bonds. The molecule has 2 nitrogen and oxygen atoms in total. The van der Waals surface area contributed by atoms with Gasteiger partial charge in [0, 0.05) is 5.56 Å². The summed E-state index contributed by atoms with van der Waals surface area (Å²) >= 11 is -2.01. The molecule has 3 aromatic rings. The van der Waals surface area contributed by atoms with Crippen LogP contribution in [0.1, 0.15) is 0 Å². The molecule has 0 aliphatic carbocycles. The first kappa shape index (κ1) is 13.7. The van der Waals surface area contributed by atoms with Gasteiger partial charge < -0.3 is 4.55 Å². The van der Waals surface area contributed by atoms with Gasteiger partial charge in [0.1, 0.15) is 0 Å². The van der Waals surface area contributed by atoms with Crippen molar-refractivity contribution in [1.82, 2.24) is 0 Å². The molecule has 1 N–H and O–H groups in total. The summed E-state index contributed by atoms with van der Waals surface area (Å²) in [5, 5.41) is 0. The Morgan fingerprint density at radius 2 is 1.14 bits per heavy atom. The van der Waals surface area contributed by atoms with E-state index in [1.807, 2.05) is 66.7 Å². The van der Waals surface area contributed by atoms with Crippen LogP contribution in [0.4, 0.5) is 0 Å². The molecule has 3 aromatic carbocycles. The van der Waals surface area contributed by atoms with Crippen molar-refractivity contribution in [2.75, 3.05) is 0 Å². The molecular formula is C18H14O2S. The lowest BCUT2D eigenvalue weighted by atomic mass is 9.95. The molecule has 0 aliphatic heterocycles. The zero-order valence-corrected chi connectivity index (χ0v) is 12.1. The number of hydrogen-bond donors (Lipinski definition) is 1. The lowest BCUT2D eigenvalue weighted by molar-refractivity contribution is 0.564. The van der Waals surface area contributed by atoms with Crippen LogP contribution in [0.3, 0.4) is 0 Å². The summed E-state index contributed by atoms with van der Waals surface area (Å²) < 4.78 is 21.1. The Morgan fingerprint density at radius 3 is 1.81 bits per heavy atom. The quantitative estimate of drug-likeness (QED) is 0.717. The van der Waals surface area contributed by atoms with Crippen molar-refractivity contribution in [1.29, 1.82) is 0 Å². The van der Waals surface area contributed by atoms with E-state index in [-0.39, 0.29) is 0 Å². The third-order valence-electron chi connectivity index (χ3n) is 3.38. The van der Waals surface area contributed by atoms with E-state index in [1.54, 1.807) is 12.1 Å². The van der Waals surface area contributed by atoms with Crippen molar-refractivity contribution in [3.05, 3.63) is 78.9 Å². The van der Waals surface area contributed by atoms with Crippen LogP contribution in [0.5, 0.6) is 0 Å². The fraction of sp³-hybridized carbons (Fsp3) is 0. The minimum Gasteiger partial charge on any atom is -0.302 e. The molecule has 104 valence electrons. The SMILES string of the molecule is O=S(O)c1ccccc1-c1ccccc1-c1ccccc1. The molecule has 0 saturated carbocycles. The van der Waals surface area contributed by atoms with E-state index in [1.165, 1.54) is 0 Å². The summed E-state index contributed by atoms with van der Waals surface area (Å²) in [6.45, 7) is 0. The molecular weight excluding hydrogens is 280 g/mol. The fourth-order valence-electron chi connectivity index (χ4n) is 2.43. The van der Waals surface area contributed by atoms with Gasteiger partial charge in [-0.2, -0.15) is 0 Å². The second-order valence-electron chi connectivity index (χ2n) is 4.66. The van der Waals surface area contributed by atoms with E-state index in [0.29, 0.717) is 4.90 Å². The molecule has 0 aliphatic rings. The third kappa shape index (κ3) is 2.79. The van der Waals surface area contributed by atoms with Crippen LogP contribution < -0.4 is 0 Å². The van der Waals surface area contributed by atoms with Gasteiger partial charge in [-0.25, -0.2) is 4.21 Å². The van der Waals surface area contributed by atoms with Gasteiger partial charge in [0.2, 0.25) is 0 Å². The Labute approximate surface area is 126 Å². The van der Waals surface area contributed by atoms with Crippen LogP contribution in [-0.2, 0) is 11.1 Å². The zero-order chi connectivity index (χ0) is 14.7. The van der Waals surface area contributed by atoms with Crippen LogP contribution >= 0.6 is 0 Å². The summed E-state index contributed by atoms with van der Waals surface area (Å²) in [5.74, 6) is 0. The van der Waals surface area contributed by atoms with E-state index in [4.69, 9.17) is 0 Å². The highest BCUT2D eigenvalue weighted by atomic mass is 32.2. The number of hydrogen-bond acceptors (Lipinski definition) is 1. The van der Waals surface area contributed by atoms with Crippen molar-refractivity contribution in [2.45, 2.75) is 4.90 Å². The predicted octanol–water partition coefficient (Wildman–Crippen LogP) is 4.60. The summed E-state index contributed by atoms with van der Waals surface area (Å²) in [6, 6.07) is 25.2. The van der Waals surface area contributed by atoms with Gasteiger partial charge in [0.05, 0.1) is 4.90 Å². The average Bonchev–Trinajstić information content (AvgIpc) is 2.55. The van der Waals surface area contributed by atoms with Crippen molar-refractivity contribution in [3.63, 3.8) is 0 Å². The molecule has 3 heteroatoms. The highest BCUT2D eigenvalue weighted by Gasteiger charge is 2.13. The standard InChI is InChI=1S/C18H14O2S/c19-21(20)18-13-7-6-12-17(18)16-11-5-4-10-15(16)14-8-2-1-3-9-14/h1-13H,(H,19,20). The van der Waals surface area contributed by atoms with Crippen LogP contribution in [0.15, 0.2) is 83.8 Å². The number of benzene rings is 3. The van der Waals surface area contributed by atoms with E-state index >= 15 is 0 Å². The van der Waals surface area contributed by atoms with Crippen LogP contribution in [0, 0.1) is 0 Å². The molecule has 3 rings (SSSR count). The highest BCUT2D eigenvalue weighted by Crippen LogP contribution is 2.34. The van der Waals surface area contributed by atoms with Crippen molar-refractivity contribution < 1.29 is 8.76 Å². The molecule has 0 saturated heterocycles. The zero-order valence-electron chi connectivity index (χ0n) is 11.3. The Hall–Kier alpha value is -2.23. The minimum absolute atomic E-state index is 0.431. The van der Waals surface area contributed by atoms with Gasteiger partial charge in [-0.05, 0) is 22.8 Å². The summed E-state index contributed by atoms with van der Waals surface area (Å²) in [4.78, 5) is 0.431. The van der Waals surface area contributed by atoms with E-state index in [9.17, 15) is 8.76 Å². The average molecular weight is 294 g/mol. The smallest absolute Gasteiger partial charge is 0.187 e. The first-order valence-corrected chi connectivity index (χ1v) is 7.73.